The van der Waals surface area contributed by atoms with E-state index >= 15 is 0 Å². The maximum atomic E-state index is 12.2. The van der Waals surface area contributed by atoms with Crippen LogP contribution in [0, 0.1) is 0 Å². The van der Waals surface area contributed by atoms with Gasteiger partial charge in [-0.25, -0.2) is 0 Å². The number of aliphatic hydroxyl groups is 1. The molecule has 18 heavy (non-hydrogen) atoms. The Labute approximate surface area is 103 Å². The number of aromatic nitrogens is 4. The number of hydrogen-bond donors (Lipinski definition) is 1. The van der Waals surface area contributed by atoms with Gasteiger partial charge in [-0.05, 0) is 12.8 Å². The second-order valence-corrected chi connectivity index (χ2v) is 5.32. The molecule has 1 aliphatic rings. The largest absolute Gasteiger partial charge is 0.414 e. The molecule has 2 aromatic rings. The molecule has 0 aromatic carbocycles. The summed E-state index contributed by atoms with van der Waals surface area (Å²) < 4.78 is 38.2. The van der Waals surface area contributed by atoms with E-state index in [-0.39, 0.29) is 5.01 Å². The normalized spacial score (nSPS) is 18.4. The molecule has 3 rings (SSSR count). The summed E-state index contributed by atoms with van der Waals surface area (Å²) in [5.41, 5.74) is 0. The number of aliphatic hydroxyl groups excluding tert-OH is 1. The van der Waals surface area contributed by atoms with Crippen LogP contribution in [0.5, 0.6) is 0 Å². The van der Waals surface area contributed by atoms with E-state index in [9.17, 15) is 13.2 Å². The van der Waals surface area contributed by atoms with Crippen molar-refractivity contribution in [1.29, 1.82) is 0 Å². The highest BCUT2D eigenvalue weighted by atomic mass is 32.1. The van der Waals surface area contributed by atoms with Crippen LogP contribution in [0.3, 0.4) is 0 Å². The molecule has 1 N–H and O–H groups in total. The third-order valence-electron chi connectivity index (χ3n) is 2.75. The van der Waals surface area contributed by atoms with Crippen LogP contribution in [0.2, 0.25) is 0 Å². The molecule has 98 valence electrons. The van der Waals surface area contributed by atoms with Crippen molar-refractivity contribution in [3.05, 3.63) is 10.8 Å². The molecule has 0 amide bonds. The topological polar surface area (TPSA) is 63.3 Å². The Balaban J connectivity index is 1.85. The van der Waals surface area contributed by atoms with Crippen LogP contribution >= 0.6 is 11.3 Å². The predicted octanol–water partition coefficient (Wildman–Crippen LogP) is 1.53. The van der Waals surface area contributed by atoms with Crippen molar-refractivity contribution in [2.45, 2.75) is 37.5 Å². The second-order valence-electron chi connectivity index (χ2n) is 4.28. The van der Waals surface area contributed by atoms with E-state index in [4.69, 9.17) is 5.11 Å². The highest BCUT2D eigenvalue weighted by Gasteiger charge is 2.39. The Kier molecular flexibility index (Phi) is 2.56. The summed E-state index contributed by atoms with van der Waals surface area (Å²) in [6, 6.07) is 0. The van der Waals surface area contributed by atoms with Gasteiger partial charge in [0, 0.05) is 12.3 Å². The third kappa shape index (κ3) is 2.07. The van der Waals surface area contributed by atoms with Crippen LogP contribution < -0.4 is 0 Å². The van der Waals surface area contributed by atoms with Gasteiger partial charge in [0.1, 0.15) is 5.01 Å². The Bertz CT molecular complexity index is 574. The standard InChI is InChI=1S/C9H9F3N4OS/c10-9(11,12)5(17)3-6-15-16-7(4-1-2-4)13-14-8(16)18-6/h4-5,17H,1-3H2. The first-order chi connectivity index (χ1) is 8.45. The summed E-state index contributed by atoms with van der Waals surface area (Å²) in [5, 5.41) is 21.1. The Morgan fingerprint density at radius 3 is 2.72 bits per heavy atom. The first-order valence-corrected chi connectivity index (χ1v) is 6.22. The monoisotopic (exact) mass is 278 g/mol. The fraction of sp³-hybridized carbons (Fsp3) is 0.667. The quantitative estimate of drug-likeness (QED) is 0.924. The molecule has 5 nitrogen and oxygen atoms in total. The average molecular weight is 278 g/mol. The van der Waals surface area contributed by atoms with Crippen molar-refractivity contribution in [3.63, 3.8) is 0 Å². The molecule has 0 radical (unpaired) electrons. The van der Waals surface area contributed by atoms with Crippen molar-refractivity contribution in [2.75, 3.05) is 0 Å². The van der Waals surface area contributed by atoms with E-state index in [2.05, 4.69) is 15.3 Å². The van der Waals surface area contributed by atoms with Gasteiger partial charge in [0.05, 0.1) is 0 Å². The highest BCUT2D eigenvalue weighted by Crippen LogP contribution is 2.39. The van der Waals surface area contributed by atoms with Crippen molar-refractivity contribution in [3.8, 4) is 0 Å². The van der Waals surface area contributed by atoms with Crippen molar-refractivity contribution < 1.29 is 18.3 Å². The van der Waals surface area contributed by atoms with Crippen LogP contribution in [0.1, 0.15) is 29.6 Å². The molecule has 0 bridgehead atoms. The zero-order valence-corrected chi connectivity index (χ0v) is 9.87. The number of halogens is 3. The minimum Gasteiger partial charge on any atom is -0.383 e. The van der Waals surface area contributed by atoms with Gasteiger partial charge in [0.15, 0.2) is 11.9 Å². The van der Waals surface area contributed by atoms with Gasteiger partial charge in [-0.15, -0.1) is 10.2 Å². The lowest BCUT2D eigenvalue weighted by Gasteiger charge is -2.11. The Morgan fingerprint density at radius 1 is 1.39 bits per heavy atom. The molecule has 0 saturated heterocycles. The van der Waals surface area contributed by atoms with Gasteiger partial charge in [-0.2, -0.15) is 22.8 Å². The summed E-state index contributed by atoms with van der Waals surface area (Å²) in [5.74, 6) is 1.02. The molecule has 1 aliphatic carbocycles. The Morgan fingerprint density at radius 2 is 2.11 bits per heavy atom. The molecule has 2 heterocycles. The third-order valence-corrected chi connectivity index (χ3v) is 3.67. The summed E-state index contributed by atoms with van der Waals surface area (Å²) >= 11 is 1.03. The number of rotatable bonds is 3. The summed E-state index contributed by atoms with van der Waals surface area (Å²) in [6.45, 7) is 0. The van der Waals surface area contributed by atoms with E-state index < -0.39 is 18.7 Å². The van der Waals surface area contributed by atoms with E-state index in [1.807, 2.05) is 0 Å². The lowest BCUT2D eigenvalue weighted by Crippen LogP contribution is -2.30. The molecule has 2 aromatic heterocycles. The van der Waals surface area contributed by atoms with Crippen LogP contribution in [0.4, 0.5) is 13.2 Å². The molecular formula is C9H9F3N4OS. The zero-order valence-electron chi connectivity index (χ0n) is 9.05. The second kappa shape index (κ2) is 3.89. The van der Waals surface area contributed by atoms with E-state index in [0.29, 0.717) is 16.7 Å². The zero-order chi connectivity index (χ0) is 12.9. The van der Waals surface area contributed by atoms with Gasteiger partial charge in [-0.1, -0.05) is 11.3 Å². The fourth-order valence-electron chi connectivity index (χ4n) is 1.63. The molecule has 9 heteroatoms. The molecular weight excluding hydrogens is 269 g/mol. The predicted molar refractivity (Wildman–Crippen MR) is 56.4 cm³/mol. The van der Waals surface area contributed by atoms with Crippen molar-refractivity contribution >= 4 is 16.3 Å². The SMILES string of the molecule is OC(Cc1nn2c(C3CC3)nnc2s1)C(F)(F)F. The van der Waals surface area contributed by atoms with E-state index in [1.54, 1.807) is 0 Å². The van der Waals surface area contributed by atoms with Gasteiger partial charge in [0.2, 0.25) is 4.96 Å². The van der Waals surface area contributed by atoms with Crippen molar-refractivity contribution in [1.82, 2.24) is 19.8 Å². The van der Waals surface area contributed by atoms with Crippen LogP contribution in [-0.4, -0.2) is 37.2 Å². The van der Waals surface area contributed by atoms with Crippen molar-refractivity contribution in [2.24, 2.45) is 0 Å². The van der Waals surface area contributed by atoms with Crippen LogP contribution in [0.25, 0.3) is 4.96 Å². The molecule has 1 unspecified atom stereocenters. The van der Waals surface area contributed by atoms with E-state index in [0.717, 1.165) is 24.2 Å². The lowest BCUT2D eigenvalue weighted by molar-refractivity contribution is -0.203. The molecule has 0 spiro atoms. The van der Waals surface area contributed by atoms with Crippen LogP contribution in [-0.2, 0) is 6.42 Å². The number of hydrogen-bond acceptors (Lipinski definition) is 5. The number of fused-ring (bicyclic) bond motifs is 1. The van der Waals surface area contributed by atoms with E-state index in [1.165, 1.54) is 4.52 Å². The maximum Gasteiger partial charge on any atom is 0.414 e. The summed E-state index contributed by atoms with van der Waals surface area (Å²) in [6.07, 6.45) is -5.52. The van der Waals surface area contributed by atoms with Gasteiger partial charge < -0.3 is 5.11 Å². The molecule has 1 saturated carbocycles. The minimum absolute atomic E-state index is 0.214. The first kappa shape index (κ1) is 11.8. The van der Waals surface area contributed by atoms with Gasteiger partial charge in [0.25, 0.3) is 0 Å². The first-order valence-electron chi connectivity index (χ1n) is 5.41. The van der Waals surface area contributed by atoms with Gasteiger partial charge in [-0.3, -0.25) is 0 Å². The molecule has 1 fully saturated rings. The fourth-order valence-corrected chi connectivity index (χ4v) is 2.51. The smallest absolute Gasteiger partial charge is 0.383 e. The average Bonchev–Trinajstić information content (AvgIpc) is 2.90. The summed E-state index contributed by atoms with van der Waals surface area (Å²) in [7, 11) is 0. The molecule has 1 atom stereocenters. The minimum atomic E-state index is -4.62. The number of alkyl halides is 3. The highest BCUT2D eigenvalue weighted by molar-refractivity contribution is 7.16. The maximum absolute atomic E-state index is 12.2. The Hall–Kier alpha value is -1.22. The summed E-state index contributed by atoms with van der Waals surface area (Å²) in [4.78, 5) is 0.473. The van der Waals surface area contributed by atoms with Crippen LogP contribution in [0.15, 0.2) is 0 Å². The number of nitrogens with zero attached hydrogens (tertiary/aromatic N) is 4. The lowest BCUT2D eigenvalue weighted by atomic mass is 10.2. The van der Waals surface area contributed by atoms with Gasteiger partial charge >= 0.3 is 6.18 Å². The molecule has 0 aliphatic heterocycles.